The van der Waals surface area contributed by atoms with Crippen molar-refractivity contribution >= 4 is 23.6 Å². The second-order valence-electron chi connectivity index (χ2n) is 5.57. The van der Waals surface area contributed by atoms with E-state index in [9.17, 15) is 4.79 Å². The van der Waals surface area contributed by atoms with Gasteiger partial charge in [-0.3, -0.25) is 9.79 Å². The number of hydrogen-bond donors (Lipinski definition) is 1. The Morgan fingerprint density at radius 2 is 1.88 bits per heavy atom. The average molecular weight is 372 g/mol. The average Bonchev–Trinajstić information content (AvgIpc) is 3.21. The van der Waals surface area contributed by atoms with Crippen LogP contribution in [0.3, 0.4) is 0 Å². The van der Waals surface area contributed by atoms with Crippen molar-refractivity contribution in [3.05, 3.63) is 54.1 Å². The molecular weight excluding hydrogens is 352 g/mol. The molecule has 0 saturated heterocycles. The van der Waals surface area contributed by atoms with Gasteiger partial charge in [0.15, 0.2) is 16.2 Å². The molecular formula is C19H20N2O4S. The van der Waals surface area contributed by atoms with Crippen molar-refractivity contribution in [3.63, 3.8) is 0 Å². The first-order valence-corrected chi connectivity index (χ1v) is 8.87. The van der Waals surface area contributed by atoms with Crippen LogP contribution in [-0.4, -0.2) is 39.2 Å². The molecule has 2 aromatic carbocycles. The van der Waals surface area contributed by atoms with Crippen LogP contribution in [0.4, 0.5) is 0 Å². The lowest BCUT2D eigenvalue weighted by atomic mass is 9.97. The van der Waals surface area contributed by atoms with Gasteiger partial charge in [0.05, 0.1) is 20.8 Å². The number of carbonyl (C=O) groups is 1. The van der Waals surface area contributed by atoms with Crippen molar-refractivity contribution in [3.8, 4) is 11.5 Å². The molecule has 2 aromatic rings. The summed E-state index contributed by atoms with van der Waals surface area (Å²) in [4.78, 5) is 17.9. The number of thioether (sulfide) groups is 1. The third-order valence-corrected chi connectivity index (χ3v) is 5.45. The highest BCUT2D eigenvalue weighted by atomic mass is 32.2. The molecule has 0 fully saturated rings. The molecule has 0 bridgehead atoms. The Kier molecular flexibility index (Phi) is 5.37. The van der Waals surface area contributed by atoms with Crippen molar-refractivity contribution in [1.29, 1.82) is 0 Å². The van der Waals surface area contributed by atoms with Crippen LogP contribution in [0, 0.1) is 0 Å². The number of nitrogens with zero attached hydrogens (tertiary/aromatic N) is 1. The van der Waals surface area contributed by atoms with Crippen molar-refractivity contribution in [2.45, 2.75) is 9.64 Å². The molecule has 1 aliphatic heterocycles. The Labute approximate surface area is 156 Å². The number of aliphatic imine (C=N–C) groups is 1. The van der Waals surface area contributed by atoms with Crippen molar-refractivity contribution in [2.24, 2.45) is 10.7 Å². The molecule has 0 aromatic heterocycles. The van der Waals surface area contributed by atoms with Gasteiger partial charge in [0.2, 0.25) is 11.8 Å². The maximum absolute atomic E-state index is 12.7. The Morgan fingerprint density at radius 1 is 1.15 bits per heavy atom. The summed E-state index contributed by atoms with van der Waals surface area (Å²) in [6.45, 7) is 0.938. The van der Waals surface area contributed by atoms with E-state index >= 15 is 0 Å². The van der Waals surface area contributed by atoms with Gasteiger partial charge in [0, 0.05) is 4.90 Å². The van der Waals surface area contributed by atoms with E-state index in [1.165, 1.54) is 11.8 Å². The minimum Gasteiger partial charge on any atom is -0.493 e. The lowest BCUT2D eigenvalue weighted by molar-refractivity contribution is -0.119. The van der Waals surface area contributed by atoms with Crippen LogP contribution in [-0.2, 0) is 14.3 Å². The van der Waals surface area contributed by atoms with E-state index in [1.807, 2.05) is 36.4 Å². The van der Waals surface area contributed by atoms with E-state index in [4.69, 9.17) is 19.9 Å². The molecule has 3 rings (SSSR count). The molecule has 0 aliphatic carbocycles. The molecule has 6 nitrogen and oxygen atoms in total. The lowest BCUT2D eigenvalue weighted by Gasteiger charge is -2.29. The van der Waals surface area contributed by atoms with Crippen LogP contribution in [0.15, 0.2) is 58.4 Å². The largest absolute Gasteiger partial charge is 0.493 e. The number of methoxy groups -OCH3 is 2. The normalized spacial score (nSPS) is 15.5. The number of primary amides is 1. The van der Waals surface area contributed by atoms with Crippen molar-refractivity contribution in [2.75, 3.05) is 27.4 Å². The zero-order valence-electron chi connectivity index (χ0n) is 14.6. The predicted octanol–water partition coefficient (Wildman–Crippen LogP) is 2.61. The third-order valence-electron chi connectivity index (χ3n) is 4.04. The number of hydrogen-bond acceptors (Lipinski definition) is 6. The van der Waals surface area contributed by atoms with Crippen LogP contribution in [0.2, 0.25) is 0 Å². The molecule has 1 amide bonds. The smallest absolute Gasteiger partial charge is 0.248 e. The van der Waals surface area contributed by atoms with Gasteiger partial charge in [-0.25, -0.2) is 0 Å². The molecule has 136 valence electrons. The SMILES string of the molecule is COc1ccc(SC(C(N)=O)(C2=NCCO2)c2ccccc2)cc1OC. The summed E-state index contributed by atoms with van der Waals surface area (Å²) in [5.74, 6) is 0.967. The van der Waals surface area contributed by atoms with Crippen LogP contribution in [0.1, 0.15) is 5.56 Å². The van der Waals surface area contributed by atoms with E-state index in [1.54, 1.807) is 26.4 Å². The molecule has 2 N–H and O–H groups in total. The quantitative estimate of drug-likeness (QED) is 0.756. The standard InChI is InChI=1S/C19H20N2O4S/c1-23-15-9-8-14(12-16(15)24-2)26-19(17(20)22,18-21-10-11-25-18)13-6-4-3-5-7-13/h3-9,12H,10-11H2,1-2H3,(H2,20,22). The highest BCUT2D eigenvalue weighted by molar-refractivity contribution is 8.01. The topological polar surface area (TPSA) is 83.1 Å². The molecule has 26 heavy (non-hydrogen) atoms. The second kappa shape index (κ2) is 7.70. The van der Waals surface area contributed by atoms with Gasteiger partial charge in [0.1, 0.15) is 6.61 Å². The molecule has 1 heterocycles. The molecule has 7 heteroatoms. The maximum atomic E-state index is 12.7. The lowest BCUT2D eigenvalue weighted by Crippen LogP contribution is -2.45. The Morgan fingerprint density at radius 3 is 2.46 bits per heavy atom. The number of amides is 1. The van der Waals surface area contributed by atoms with E-state index < -0.39 is 10.7 Å². The van der Waals surface area contributed by atoms with Crippen molar-refractivity contribution < 1.29 is 19.0 Å². The fraction of sp³-hybridized carbons (Fsp3) is 0.263. The van der Waals surface area contributed by atoms with E-state index in [0.717, 1.165) is 4.90 Å². The molecule has 1 unspecified atom stereocenters. The van der Waals surface area contributed by atoms with Gasteiger partial charge < -0.3 is 19.9 Å². The number of carbonyl (C=O) groups excluding carboxylic acids is 1. The highest BCUT2D eigenvalue weighted by Crippen LogP contribution is 2.45. The molecule has 0 spiro atoms. The fourth-order valence-corrected chi connectivity index (χ4v) is 4.02. The fourth-order valence-electron chi connectivity index (χ4n) is 2.80. The summed E-state index contributed by atoms with van der Waals surface area (Å²) in [5.41, 5.74) is 6.60. The van der Waals surface area contributed by atoms with Crippen molar-refractivity contribution in [1.82, 2.24) is 0 Å². The molecule has 0 radical (unpaired) electrons. The minimum atomic E-state index is -1.25. The summed E-state index contributed by atoms with van der Waals surface area (Å²) in [6, 6.07) is 14.7. The first kappa shape index (κ1) is 18.1. The first-order valence-electron chi connectivity index (χ1n) is 8.06. The summed E-state index contributed by atoms with van der Waals surface area (Å²) in [5, 5.41) is 0. The number of benzene rings is 2. The van der Waals surface area contributed by atoms with Crippen LogP contribution >= 0.6 is 11.8 Å². The summed E-state index contributed by atoms with van der Waals surface area (Å²) < 4.78 is 15.1. The summed E-state index contributed by atoms with van der Waals surface area (Å²) in [7, 11) is 3.14. The second-order valence-corrected chi connectivity index (χ2v) is 6.85. The highest BCUT2D eigenvalue weighted by Gasteiger charge is 2.48. The summed E-state index contributed by atoms with van der Waals surface area (Å²) >= 11 is 1.28. The predicted molar refractivity (Wildman–Crippen MR) is 101 cm³/mol. The van der Waals surface area contributed by atoms with E-state index in [0.29, 0.717) is 36.1 Å². The Balaban J connectivity index is 2.11. The van der Waals surface area contributed by atoms with E-state index in [-0.39, 0.29) is 0 Å². The number of rotatable bonds is 7. The van der Waals surface area contributed by atoms with Gasteiger partial charge in [-0.2, -0.15) is 0 Å². The summed E-state index contributed by atoms with van der Waals surface area (Å²) in [6.07, 6.45) is 0. The molecule has 1 atom stereocenters. The van der Waals surface area contributed by atoms with Gasteiger partial charge >= 0.3 is 0 Å². The first-order chi connectivity index (χ1) is 12.6. The Hall–Kier alpha value is -2.67. The number of ether oxygens (including phenoxy) is 3. The van der Waals surface area contributed by atoms with E-state index in [2.05, 4.69) is 4.99 Å². The zero-order valence-corrected chi connectivity index (χ0v) is 15.4. The van der Waals surface area contributed by atoms with Gasteiger partial charge in [0.25, 0.3) is 0 Å². The Bertz CT molecular complexity index is 826. The van der Waals surface area contributed by atoms with Gasteiger partial charge in [-0.15, -0.1) is 0 Å². The number of nitrogens with two attached hydrogens (primary N) is 1. The molecule has 1 aliphatic rings. The van der Waals surface area contributed by atoms with Gasteiger partial charge in [-0.1, -0.05) is 42.1 Å². The monoisotopic (exact) mass is 372 g/mol. The van der Waals surface area contributed by atoms with Crippen LogP contribution in [0.5, 0.6) is 11.5 Å². The molecule has 0 saturated carbocycles. The van der Waals surface area contributed by atoms with Crippen LogP contribution in [0.25, 0.3) is 0 Å². The maximum Gasteiger partial charge on any atom is 0.248 e. The third kappa shape index (κ3) is 3.22. The van der Waals surface area contributed by atoms with Crippen LogP contribution < -0.4 is 15.2 Å². The zero-order chi connectivity index (χ0) is 18.6. The van der Waals surface area contributed by atoms with Gasteiger partial charge in [-0.05, 0) is 23.8 Å². The minimum absolute atomic E-state index is 0.330.